The largest absolute Gasteiger partial charge is 0.382 e. The molecule has 9 nitrogen and oxygen atoms in total. The number of anilines is 1. The molecular formula is C22H26N8O. The Morgan fingerprint density at radius 3 is 2.71 bits per heavy atom. The van der Waals surface area contributed by atoms with Crippen molar-refractivity contribution in [2.75, 3.05) is 5.73 Å². The van der Waals surface area contributed by atoms with Gasteiger partial charge in [-0.15, -0.1) is 4.80 Å². The fourth-order valence-corrected chi connectivity index (χ4v) is 2.98. The lowest BCUT2D eigenvalue weighted by molar-refractivity contribution is 0.0946. The maximum atomic E-state index is 12.8. The van der Waals surface area contributed by atoms with Gasteiger partial charge in [-0.25, -0.2) is 9.97 Å². The number of hydrogen-bond donors (Lipinski definition) is 2. The molecule has 160 valence electrons. The van der Waals surface area contributed by atoms with Gasteiger partial charge in [0.25, 0.3) is 5.91 Å². The molecule has 0 saturated carbocycles. The smallest absolute Gasteiger partial charge is 0.274 e. The molecule has 0 aliphatic carbocycles. The number of allylic oxidation sites excluding steroid dienone is 2. The number of aliphatic imine (C=N–C) groups is 1. The number of aromatic nitrogens is 5. The summed E-state index contributed by atoms with van der Waals surface area (Å²) in [5.41, 5.74) is 9.45. The van der Waals surface area contributed by atoms with Crippen molar-refractivity contribution in [2.45, 2.75) is 40.2 Å². The molecule has 0 aliphatic heterocycles. The minimum Gasteiger partial charge on any atom is -0.382 e. The summed E-state index contributed by atoms with van der Waals surface area (Å²) in [6.07, 6.45) is 10.3. The maximum Gasteiger partial charge on any atom is 0.274 e. The first-order valence-electron chi connectivity index (χ1n) is 10.1. The number of amides is 1. The molecule has 31 heavy (non-hydrogen) atoms. The highest BCUT2D eigenvalue weighted by Crippen LogP contribution is 2.24. The first-order valence-corrected chi connectivity index (χ1v) is 10.1. The molecule has 3 N–H and O–H groups in total. The Balaban J connectivity index is 1.81. The molecule has 0 fully saturated rings. The molecule has 0 atom stereocenters. The molecule has 0 radical (unpaired) electrons. The molecule has 1 amide bonds. The molecule has 2 heterocycles. The van der Waals surface area contributed by atoms with E-state index in [2.05, 4.69) is 37.4 Å². The minimum absolute atomic E-state index is 0.0224. The number of benzene rings is 1. The number of nitrogens with two attached hydrogens (primary N) is 1. The molecule has 0 bridgehead atoms. The van der Waals surface area contributed by atoms with Gasteiger partial charge in [-0.05, 0) is 37.0 Å². The molecule has 1 aromatic carbocycles. The summed E-state index contributed by atoms with van der Waals surface area (Å²) in [7, 11) is 0. The van der Waals surface area contributed by atoms with E-state index in [1.807, 2.05) is 44.2 Å². The van der Waals surface area contributed by atoms with Crippen LogP contribution in [-0.2, 0) is 13.0 Å². The molecule has 0 saturated heterocycles. The lowest BCUT2D eigenvalue weighted by atomic mass is 10.1. The number of nitrogens with one attached hydrogen (secondary N) is 1. The molecule has 0 aliphatic rings. The lowest BCUT2D eigenvalue weighted by Crippen LogP contribution is -2.26. The van der Waals surface area contributed by atoms with Crippen LogP contribution in [0.25, 0.3) is 5.82 Å². The number of nitrogen functional groups attached to an aromatic ring is 1. The van der Waals surface area contributed by atoms with E-state index in [0.29, 0.717) is 17.9 Å². The van der Waals surface area contributed by atoms with Crippen LogP contribution in [0, 0.1) is 6.92 Å². The van der Waals surface area contributed by atoms with Crippen LogP contribution >= 0.6 is 0 Å². The normalized spacial score (nSPS) is 11.5. The van der Waals surface area contributed by atoms with Gasteiger partial charge in [-0.2, -0.15) is 10.2 Å². The number of para-hydroxylation sites is 1. The van der Waals surface area contributed by atoms with Crippen LogP contribution in [0.5, 0.6) is 0 Å². The fraction of sp³-hybridized carbons (Fsp3) is 0.273. The summed E-state index contributed by atoms with van der Waals surface area (Å²) < 4.78 is 0. The lowest BCUT2D eigenvalue weighted by Gasteiger charge is -2.12. The highest BCUT2D eigenvalue weighted by Gasteiger charge is 2.19. The third-order valence-electron chi connectivity index (χ3n) is 4.55. The van der Waals surface area contributed by atoms with Crippen molar-refractivity contribution in [3.63, 3.8) is 0 Å². The average molecular weight is 419 g/mol. The average Bonchev–Trinajstić information content (AvgIpc) is 3.30. The second-order valence-electron chi connectivity index (χ2n) is 6.78. The Morgan fingerprint density at radius 1 is 1.23 bits per heavy atom. The Bertz CT molecular complexity index is 1100. The summed E-state index contributed by atoms with van der Waals surface area (Å²) in [6.45, 7) is 6.25. The molecule has 0 spiro atoms. The molecule has 3 rings (SSSR count). The summed E-state index contributed by atoms with van der Waals surface area (Å²) in [5.74, 6) is 0.0353. The van der Waals surface area contributed by atoms with Crippen molar-refractivity contribution in [3.05, 3.63) is 65.3 Å². The van der Waals surface area contributed by atoms with Gasteiger partial charge >= 0.3 is 0 Å². The second kappa shape index (κ2) is 10.2. The van der Waals surface area contributed by atoms with E-state index in [4.69, 9.17) is 5.73 Å². The van der Waals surface area contributed by atoms with E-state index >= 15 is 0 Å². The molecule has 2 aromatic heterocycles. The predicted octanol–water partition coefficient (Wildman–Crippen LogP) is 3.11. The van der Waals surface area contributed by atoms with Crippen LogP contribution in [-0.4, -0.2) is 37.1 Å². The van der Waals surface area contributed by atoms with Crippen molar-refractivity contribution < 1.29 is 4.79 Å². The van der Waals surface area contributed by atoms with E-state index in [1.54, 1.807) is 6.21 Å². The molecule has 3 aromatic rings. The van der Waals surface area contributed by atoms with Crippen molar-refractivity contribution in [3.8, 4) is 5.82 Å². The zero-order valence-corrected chi connectivity index (χ0v) is 17.9. The number of carbonyl (C=O) groups excluding carboxylic acids is 1. The third-order valence-corrected chi connectivity index (χ3v) is 4.55. The first kappa shape index (κ1) is 21.8. The van der Waals surface area contributed by atoms with Crippen molar-refractivity contribution >= 4 is 23.6 Å². The summed E-state index contributed by atoms with van der Waals surface area (Å²) in [6, 6.07) is 5.86. The van der Waals surface area contributed by atoms with E-state index in [1.165, 1.54) is 17.2 Å². The van der Waals surface area contributed by atoms with Crippen molar-refractivity contribution in [2.24, 2.45) is 4.99 Å². The predicted molar refractivity (Wildman–Crippen MR) is 121 cm³/mol. The number of aryl methyl sites for hydroxylation is 2. The SMILES string of the molecule is CC/C=C/C=Nc1c(C)cccc1CNC(=O)c1nc(CC)c(-n2nccn2)nc1N. The van der Waals surface area contributed by atoms with Gasteiger partial charge < -0.3 is 11.1 Å². The van der Waals surface area contributed by atoms with Crippen LogP contribution in [0.2, 0.25) is 0 Å². The van der Waals surface area contributed by atoms with Crippen LogP contribution in [0.15, 0.2) is 47.7 Å². The van der Waals surface area contributed by atoms with E-state index < -0.39 is 5.91 Å². The summed E-state index contributed by atoms with van der Waals surface area (Å²) >= 11 is 0. The van der Waals surface area contributed by atoms with Gasteiger partial charge in [0.05, 0.1) is 23.8 Å². The number of rotatable bonds is 8. The van der Waals surface area contributed by atoms with Crippen LogP contribution in [0.3, 0.4) is 0 Å². The molecule has 0 unspecified atom stereocenters. The summed E-state index contributed by atoms with van der Waals surface area (Å²) in [4.78, 5) is 27.4. The Labute approximate surface area is 181 Å². The third kappa shape index (κ3) is 5.19. The second-order valence-corrected chi connectivity index (χ2v) is 6.78. The monoisotopic (exact) mass is 418 g/mol. The Morgan fingerprint density at radius 2 is 2.00 bits per heavy atom. The zero-order chi connectivity index (χ0) is 22.2. The minimum atomic E-state index is -0.401. The van der Waals surface area contributed by atoms with E-state index in [0.717, 1.165) is 23.2 Å². The van der Waals surface area contributed by atoms with Crippen LogP contribution < -0.4 is 11.1 Å². The highest BCUT2D eigenvalue weighted by molar-refractivity contribution is 5.96. The quantitative estimate of drug-likeness (QED) is 0.542. The Kier molecular flexibility index (Phi) is 7.21. The zero-order valence-electron chi connectivity index (χ0n) is 17.9. The van der Waals surface area contributed by atoms with Gasteiger partial charge in [0, 0.05) is 12.8 Å². The van der Waals surface area contributed by atoms with Crippen LogP contribution in [0.4, 0.5) is 11.5 Å². The van der Waals surface area contributed by atoms with Gasteiger partial charge in [0.1, 0.15) is 0 Å². The van der Waals surface area contributed by atoms with E-state index in [9.17, 15) is 4.79 Å². The summed E-state index contributed by atoms with van der Waals surface area (Å²) in [5, 5.41) is 11.0. The number of hydrogen-bond acceptors (Lipinski definition) is 7. The topological polar surface area (TPSA) is 124 Å². The van der Waals surface area contributed by atoms with E-state index in [-0.39, 0.29) is 18.1 Å². The number of nitrogens with zero attached hydrogens (tertiary/aromatic N) is 6. The van der Waals surface area contributed by atoms with Gasteiger partial charge in [0.2, 0.25) is 0 Å². The molecular weight excluding hydrogens is 392 g/mol. The standard InChI is InChI=1S/C22H26N8O/c1-4-6-7-11-24-18-15(3)9-8-10-16(18)14-25-22(31)19-20(23)29-21(17(5-2)28-19)30-26-12-13-27-30/h6-13H,4-5,14H2,1-3H3,(H2,23,29)(H,25,31)/b7-6+,24-11?. The highest BCUT2D eigenvalue weighted by atomic mass is 16.1. The molecule has 9 heteroatoms. The van der Waals surface area contributed by atoms with Gasteiger partial charge in [-0.1, -0.05) is 38.1 Å². The van der Waals surface area contributed by atoms with Gasteiger partial charge in [-0.3, -0.25) is 9.79 Å². The maximum absolute atomic E-state index is 12.8. The first-order chi connectivity index (χ1) is 15.0. The number of carbonyl (C=O) groups is 1. The van der Waals surface area contributed by atoms with Gasteiger partial charge in [0.15, 0.2) is 17.3 Å². The fourth-order valence-electron chi connectivity index (χ4n) is 2.98. The van der Waals surface area contributed by atoms with Crippen molar-refractivity contribution in [1.82, 2.24) is 30.3 Å². The van der Waals surface area contributed by atoms with Crippen molar-refractivity contribution in [1.29, 1.82) is 0 Å². The van der Waals surface area contributed by atoms with Crippen LogP contribution in [0.1, 0.15) is 47.6 Å². The Hall–Kier alpha value is -3.88.